The first-order valence-corrected chi connectivity index (χ1v) is 14.3. The molecule has 9 nitrogen and oxygen atoms in total. The minimum Gasteiger partial charge on any atom is -0.497 e. The Labute approximate surface area is 240 Å². The van der Waals surface area contributed by atoms with Crippen molar-refractivity contribution in [3.05, 3.63) is 59.4 Å². The SMILES string of the molecule is COc1ccc2c(c1)C[C@H](C(=O)Nc1ccc(-c3cn[nH]c3C)cc1SCCN(C)C)N(C(=O)OC(C)(C)C)C2. The van der Waals surface area contributed by atoms with Crippen molar-refractivity contribution in [3.8, 4) is 16.9 Å². The van der Waals surface area contributed by atoms with E-state index in [4.69, 9.17) is 9.47 Å². The number of carbonyl (C=O) groups excluding carboxylic acids is 2. The van der Waals surface area contributed by atoms with Crippen LogP contribution in [0.2, 0.25) is 0 Å². The number of anilines is 1. The molecule has 40 heavy (non-hydrogen) atoms. The number of fused-ring (bicyclic) bond motifs is 1. The van der Waals surface area contributed by atoms with Crippen LogP contribution in [0.4, 0.5) is 10.5 Å². The number of nitrogens with zero attached hydrogens (tertiary/aromatic N) is 3. The van der Waals surface area contributed by atoms with Crippen molar-refractivity contribution in [1.29, 1.82) is 0 Å². The van der Waals surface area contributed by atoms with Gasteiger partial charge < -0.3 is 19.7 Å². The maximum atomic E-state index is 13.9. The van der Waals surface area contributed by atoms with Crippen LogP contribution in [0.5, 0.6) is 5.75 Å². The standard InChI is InChI=1S/C30H39N5O4S/c1-19-24(17-31-33-19)20-9-11-25(27(16-20)40-13-12-34(5)6)32-28(36)26-15-22-14-23(38-7)10-8-21(22)18-35(26)29(37)39-30(2,3)4/h8-11,14,16-17,26H,12-13,15,18H2,1-7H3,(H,31,33)(H,32,36)/t26-/m1/s1. The maximum absolute atomic E-state index is 13.9. The summed E-state index contributed by atoms with van der Waals surface area (Å²) in [7, 11) is 5.69. The van der Waals surface area contributed by atoms with Crippen molar-refractivity contribution in [2.75, 3.05) is 38.8 Å². The summed E-state index contributed by atoms with van der Waals surface area (Å²) in [5, 5.41) is 10.3. The molecule has 3 aromatic rings. The highest BCUT2D eigenvalue weighted by Crippen LogP contribution is 2.34. The number of thioether (sulfide) groups is 1. The molecule has 214 valence electrons. The number of hydrogen-bond donors (Lipinski definition) is 2. The number of aromatic amines is 1. The topological polar surface area (TPSA) is 99.8 Å². The zero-order chi connectivity index (χ0) is 29.0. The first-order chi connectivity index (χ1) is 18.9. The minimum atomic E-state index is -0.745. The van der Waals surface area contributed by atoms with E-state index in [0.717, 1.165) is 45.1 Å². The number of carbonyl (C=O) groups is 2. The van der Waals surface area contributed by atoms with Crippen LogP contribution in [0, 0.1) is 6.92 Å². The molecule has 2 N–H and O–H groups in total. The molecule has 10 heteroatoms. The Balaban J connectivity index is 1.64. The second-order valence-corrected chi connectivity index (χ2v) is 12.4. The molecule has 0 saturated heterocycles. The fourth-order valence-corrected chi connectivity index (χ4v) is 5.70. The van der Waals surface area contributed by atoms with Gasteiger partial charge in [0.25, 0.3) is 0 Å². The van der Waals surface area contributed by atoms with Crippen LogP contribution >= 0.6 is 11.8 Å². The third-order valence-electron chi connectivity index (χ3n) is 6.65. The normalized spacial score (nSPS) is 15.1. The molecule has 0 saturated carbocycles. The number of nitrogens with one attached hydrogen (secondary N) is 2. The summed E-state index contributed by atoms with van der Waals surface area (Å²) in [6.07, 6.45) is 1.65. The molecule has 0 aliphatic carbocycles. The molecule has 0 radical (unpaired) electrons. The monoisotopic (exact) mass is 565 g/mol. The maximum Gasteiger partial charge on any atom is 0.411 e. The van der Waals surface area contributed by atoms with Crippen LogP contribution < -0.4 is 10.1 Å². The Bertz CT molecular complexity index is 1360. The summed E-state index contributed by atoms with van der Waals surface area (Å²) in [6.45, 7) is 8.62. The van der Waals surface area contributed by atoms with Crippen molar-refractivity contribution in [2.24, 2.45) is 0 Å². The van der Waals surface area contributed by atoms with E-state index in [1.807, 2.05) is 78.3 Å². The Kier molecular flexibility index (Phi) is 9.10. The van der Waals surface area contributed by atoms with Crippen LogP contribution in [0.15, 0.2) is 47.5 Å². The molecule has 1 aliphatic heterocycles. The number of H-pyrrole nitrogens is 1. The van der Waals surface area contributed by atoms with Crippen molar-refractivity contribution < 1.29 is 19.1 Å². The summed E-state index contributed by atoms with van der Waals surface area (Å²) in [6, 6.07) is 11.0. The fraction of sp³-hybridized carbons (Fsp3) is 0.433. The quantitative estimate of drug-likeness (QED) is 0.355. The van der Waals surface area contributed by atoms with E-state index in [9.17, 15) is 9.59 Å². The number of amides is 2. The molecule has 4 rings (SSSR count). The van der Waals surface area contributed by atoms with Gasteiger partial charge in [-0.15, -0.1) is 11.8 Å². The molecule has 0 spiro atoms. The Morgan fingerprint density at radius 3 is 2.60 bits per heavy atom. The van der Waals surface area contributed by atoms with Crippen molar-refractivity contribution in [2.45, 2.75) is 57.2 Å². The van der Waals surface area contributed by atoms with Gasteiger partial charge in [-0.3, -0.25) is 14.8 Å². The third-order valence-corrected chi connectivity index (χ3v) is 7.69. The summed E-state index contributed by atoms with van der Waals surface area (Å²) in [4.78, 5) is 31.8. The molecule has 2 heterocycles. The van der Waals surface area contributed by atoms with Gasteiger partial charge in [0.1, 0.15) is 17.4 Å². The van der Waals surface area contributed by atoms with E-state index in [-0.39, 0.29) is 12.5 Å². The van der Waals surface area contributed by atoms with Crippen molar-refractivity contribution >= 4 is 29.4 Å². The number of hydrogen-bond acceptors (Lipinski definition) is 7. The summed E-state index contributed by atoms with van der Waals surface area (Å²) >= 11 is 1.68. The average molecular weight is 566 g/mol. The van der Waals surface area contributed by atoms with E-state index < -0.39 is 17.7 Å². The molecule has 2 aromatic carbocycles. The van der Waals surface area contributed by atoms with E-state index >= 15 is 0 Å². The van der Waals surface area contributed by atoms with Gasteiger partial charge in [0, 0.05) is 34.9 Å². The van der Waals surface area contributed by atoms with Gasteiger partial charge in [0.2, 0.25) is 5.91 Å². The molecule has 1 atom stereocenters. The summed E-state index contributed by atoms with van der Waals surface area (Å²) < 4.78 is 11.1. The molecule has 2 amide bonds. The lowest BCUT2D eigenvalue weighted by molar-refractivity contribution is -0.121. The van der Waals surface area contributed by atoms with Gasteiger partial charge in [-0.2, -0.15) is 5.10 Å². The Morgan fingerprint density at radius 1 is 1.18 bits per heavy atom. The van der Waals surface area contributed by atoms with Crippen LogP contribution in [0.25, 0.3) is 11.1 Å². The minimum absolute atomic E-state index is 0.263. The molecule has 1 aliphatic rings. The van der Waals surface area contributed by atoms with Gasteiger partial charge in [0.05, 0.1) is 25.5 Å². The molecule has 0 bridgehead atoms. The fourth-order valence-electron chi connectivity index (χ4n) is 4.54. The van der Waals surface area contributed by atoms with Crippen molar-refractivity contribution in [1.82, 2.24) is 20.0 Å². The Hall–Kier alpha value is -3.50. The molecular weight excluding hydrogens is 526 g/mol. The van der Waals surface area contributed by atoms with Gasteiger partial charge in [-0.25, -0.2) is 4.79 Å². The molecular formula is C30H39N5O4S. The number of ether oxygens (including phenoxy) is 2. The third kappa shape index (κ3) is 7.17. The molecule has 0 unspecified atom stereocenters. The number of methoxy groups -OCH3 is 1. The lowest BCUT2D eigenvalue weighted by Crippen LogP contribution is -2.52. The predicted molar refractivity (Wildman–Crippen MR) is 159 cm³/mol. The van der Waals surface area contributed by atoms with Gasteiger partial charge in [-0.1, -0.05) is 12.1 Å². The Morgan fingerprint density at radius 2 is 1.95 bits per heavy atom. The first-order valence-electron chi connectivity index (χ1n) is 13.3. The predicted octanol–water partition coefficient (Wildman–Crippen LogP) is 5.35. The van der Waals surface area contributed by atoms with Crippen molar-refractivity contribution in [3.63, 3.8) is 0 Å². The largest absolute Gasteiger partial charge is 0.497 e. The smallest absolute Gasteiger partial charge is 0.411 e. The summed E-state index contributed by atoms with van der Waals surface area (Å²) in [5.41, 5.74) is 4.98. The lowest BCUT2D eigenvalue weighted by Gasteiger charge is -2.37. The highest BCUT2D eigenvalue weighted by molar-refractivity contribution is 7.99. The zero-order valence-corrected chi connectivity index (χ0v) is 25.1. The zero-order valence-electron chi connectivity index (χ0n) is 24.3. The van der Waals surface area contributed by atoms with Crippen LogP contribution in [0.3, 0.4) is 0 Å². The molecule has 0 fully saturated rings. The number of aromatic nitrogens is 2. The van der Waals surface area contributed by atoms with Crippen LogP contribution in [0.1, 0.15) is 37.6 Å². The van der Waals surface area contributed by atoms with E-state index in [1.54, 1.807) is 18.9 Å². The second-order valence-electron chi connectivity index (χ2n) is 11.2. The highest BCUT2D eigenvalue weighted by atomic mass is 32.2. The first kappa shape index (κ1) is 29.5. The number of benzene rings is 2. The van der Waals surface area contributed by atoms with E-state index in [1.165, 1.54) is 4.90 Å². The van der Waals surface area contributed by atoms with Crippen LogP contribution in [-0.4, -0.2) is 77.1 Å². The van der Waals surface area contributed by atoms with Gasteiger partial charge in [-0.05, 0) is 82.7 Å². The van der Waals surface area contributed by atoms with Gasteiger partial charge >= 0.3 is 6.09 Å². The van der Waals surface area contributed by atoms with E-state index in [0.29, 0.717) is 17.9 Å². The van der Waals surface area contributed by atoms with E-state index in [2.05, 4.69) is 26.5 Å². The van der Waals surface area contributed by atoms with Gasteiger partial charge in [0.15, 0.2) is 0 Å². The second kappa shape index (κ2) is 12.3. The van der Waals surface area contributed by atoms with Crippen LogP contribution in [-0.2, 0) is 22.5 Å². The number of rotatable bonds is 8. The average Bonchev–Trinajstić information content (AvgIpc) is 3.32. The highest BCUT2D eigenvalue weighted by Gasteiger charge is 2.37. The summed E-state index contributed by atoms with van der Waals surface area (Å²) in [5.74, 6) is 1.30. The number of aryl methyl sites for hydroxylation is 1. The lowest BCUT2D eigenvalue weighted by atomic mass is 9.93. The molecule has 1 aromatic heterocycles.